The van der Waals surface area contributed by atoms with Crippen LogP contribution < -0.4 is 24.4 Å². The van der Waals surface area contributed by atoms with Crippen molar-refractivity contribution < 1.29 is 33.6 Å². The Bertz CT molecular complexity index is 1250. The summed E-state index contributed by atoms with van der Waals surface area (Å²) in [7, 11) is 0. The summed E-state index contributed by atoms with van der Waals surface area (Å²) >= 11 is 3.36. The molecule has 3 rings (SSSR count). The van der Waals surface area contributed by atoms with Gasteiger partial charge < -0.3 is 24.1 Å². The molecule has 9 nitrogen and oxygen atoms in total. The number of carboxylic acid groups (broad SMARTS) is 1. The van der Waals surface area contributed by atoms with Crippen molar-refractivity contribution in [3.05, 3.63) is 81.8 Å². The predicted molar refractivity (Wildman–Crippen MR) is 142 cm³/mol. The minimum atomic E-state index is -1.11. The highest BCUT2D eigenvalue weighted by Crippen LogP contribution is 2.36. The van der Waals surface area contributed by atoms with E-state index in [0.29, 0.717) is 52.7 Å². The number of carbonyl (C=O) groups is 2. The van der Waals surface area contributed by atoms with E-state index in [1.165, 1.54) is 6.21 Å². The van der Waals surface area contributed by atoms with Crippen LogP contribution in [0, 0.1) is 0 Å². The minimum Gasteiger partial charge on any atom is -0.490 e. The van der Waals surface area contributed by atoms with Crippen molar-refractivity contribution in [3.63, 3.8) is 0 Å². The van der Waals surface area contributed by atoms with Gasteiger partial charge in [-0.05, 0) is 71.2 Å². The quantitative estimate of drug-likeness (QED) is 0.218. The van der Waals surface area contributed by atoms with Gasteiger partial charge in [0.25, 0.3) is 5.91 Å². The van der Waals surface area contributed by atoms with Crippen LogP contribution in [0.25, 0.3) is 0 Å². The number of halogens is 1. The highest BCUT2D eigenvalue weighted by molar-refractivity contribution is 9.10. The van der Waals surface area contributed by atoms with Crippen molar-refractivity contribution in [2.75, 3.05) is 19.8 Å². The van der Waals surface area contributed by atoms with Crippen LogP contribution >= 0.6 is 15.9 Å². The predicted octanol–water partition coefficient (Wildman–Crippen LogP) is 5.05. The molecule has 0 aliphatic rings. The maximum atomic E-state index is 12.7. The molecule has 0 fully saturated rings. The van der Waals surface area contributed by atoms with Gasteiger partial charge in [-0.15, -0.1) is 0 Å². The third kappa shape index (κ3) is 8.25. The summed E-state index contributed by atoms with van der Waals surface area (Å²) in [6.45, 7) is 4.27. The molecule has 0 saturated heterocycles. The molecule has 2 N–H and O–H groups in total. The van der Waals surface area contributed by atoms with E-state index in [0.717, 1.165) is 5.56 Å². The van der Waals surface area contributed by atoms with Gasteiger partial charge in [-0.3, -0.25) is 4.79 Å². The maximum Gasteiger partial charge on any atom is 0.341 e. The molecule has 194 valence electrons. The van der Waals surface area contributed by atoms with Crippen LogP contribution in [0.3, 0.4) is 0 Å². The van der Waals surface area contributed by atoms with Crippen molar-refractivity contribution in [3.8, 4) is 23.0 Å². The Kier molecular flexibility index (Phi) is 10.3. The van der Waals surface area contributed by atoms with Crippen molar-refractivity contribution in [1.82, 2.24) is 5.43 Å². The van der Waals surface area contributed by atoms with Crippen LogP contribution in [0.4, 0.5) is 0 Å². The van der Waals surface area contributed by atoms with Gasteiger partial charge in [0.15, 0.2) is 29.6 Å². The summed E-state index contributed by atoms with van der Waals surface area (Å²) in [5, 5.41) is 12.9. The zero-order valence-corrected chi connectivity index (χ0v) is 22.0. The monoisotopic (exact) mass is 570 g/mol. The van der Waals surface area contributed by atoms with Gasteiger partial charge in [-0.2, -0.15) is 5.10 Å². The molecule has 0 radical (unpaired) electrons. The minimum absolute atomic E-state index is 0.267. The number of nitrogens with one attached hydrogen (secondary N) is 1. The SMILES string of the molecule is CCOc1cc(C(=O)N/N=C/c2cc(Br)c(OCC(=O)O)c(OCC)c2)ccc1OCc1ccccc1. The summed E-state index contributed by atoms with van der Waals surface area (Å²) in [5.41, 5.74) is 4.45. The normalized spacial score (nSPS) is 10.7. The second-order valence-corrected chi connectivity index (χ2v) is 8.37. The fourth-order valence-electron chi connectivity index (χ4n) is 3.20. The topological polar surface area (TPSA) is 116 Å². The average Bonchev–Trinajstić information content (AvgIpc) is 2.88. The summed E-state index contributed by atoms with van der Waals surface area (Å²) in [6, 6.07) is 18.0. The molecule has 0 spiro atoms. The number of carbonyl (C=O) groups excluding carboxylic acids is 1. The fourth-order valence-corrected chi connectivity index (χ4v) is 3.78. The molecule has 0 atom stereocenters. The lowest BCUT2D eigenvalue weighted by Crippen LogP contribution is -2.18. The van der Waals surface area contributed by atoms with E-state index in [9.17, 15) is 9.59 Å². The van der Waals surface area contributed by atoms with Gasteiger partial charge in [0, 0.05) is 5.56 Å². The molecule has 1 amide bonds. The number of nitrogens with zero attached hydrogens (tertiary/aromatic N) is 1. The lowest BCUT2D eigenvalue weighted by atomic mass is 10.2. The molecule has 3 aromatic carbocycles. The van der Waals surface area contributed by atoms with Crippen LogP contribution in [0.2, 0.25) is 0 Å². The first-order valence-corrected chi connectivity index (χ1v) is 12.3. The summed E-state index contributed by atoms with van der Waals surface area (Å²) in [6.07, 6.45) is 1.44. The van der Waals surface area contributed by atoms with Crippen LogP contribution in [-0.4, -0.2) is 43.0 Å². The van der Waals surface area contributed by atoms with Crippen molar-refractivity contribution in [1.29, 1.82) is 0 Å². The number of hydrazone groups is 1. The molecule has 0 saturated carbocycles. The van der Waals surface area contributed by atoms with Gasteiger partial charge in [0.1, 0.15) is 6.61 Å². The Balaban J connectivity index is 1.69. The Labute approximate surface area is 223 Å². The molecule has 0 aliphatic carbocycles. The number of aliphatic carboxylic acids is 1. The summed E-state index contributed by atoms with van der Waals surface area (Å²) in [4.78, 5) is 23.5. The van der Waals surface area contributed by atoms with Crippen molar-refractivity contribution in [2.45, 2.75) is 20.5 Å². The van der Waals surface area contributed by atoms with Crippen LogP contribution in [0.1, 0.15) is 35.3 Å². The van der Waals surface area contributed by atoms with Crippen LogP contribution in [0.15, 0.2) is 70.2 Å². The number of amides is 1. The van der Waals surface area contributed by atoms with Gasteiger partial charge in [-0.1, -0.05) is 30.3 Å². The Morgan fingerprint density at radius 2 is 1.65 bits per heavy atom. The maximum absolute atomic E-state index is 12.7. The molecule has 0 heterocycles. The number of carboxylic acids is 1. The van der Waals surface area contributed by atoms with E-state index in [1.807, 2.05) is 37.3 Å². The largest absolute Gasteiger partial charge is 0.490 e. The second kappa shape index (κ2) is 13.9. The molecule has 10 heteroatoms. The summed E-state index contributed by atoms with van der Waals surface area (Å²) < 4.78 is 22.9. The number of benzene rings is 3. The van der Waals surface area contributed by atoms with Gasteiger partial charge in [0.2, 0.25) is 0 Å². The van der Waals surface area contributed by atoms with E-state index >= 15 is 0 Å². The highest BCUT2D eigenvalue weighted by atomic mass is 79.9. The zero-order chi connectivity index (χ0) is 26.6. The van der Waals surface area contributed by atoms with Crippen LogP contribution in [0.5, 0.6) is 23.0 Å². The van der Waals surface area contributed by atoms with Gasteiger partial charge >= 0.3 is 5.97 Å². The molecule has 0 aromatic heterocycles. The Morgan fingerprint density at radius 1 is 0.919 bits per heavy atom. The van der Waals surface area contributed by atoms with Gasteiger partial charge in [-0.25, -0.2) is 10.2 Å². The first kappa shape index (κ1) is 27.5. The molecule has 37 heavy (non-hydrogen) atoms. The molecular formula is C27H27BrN2O7. The summed E-state index contributed by atoms with van der Waals surface area (Å²) in [5.74, 6) is 0.0617. The van der Waals surface area contributed by atoms with E-state index in [1.54, 1.807) is 37.3 Å². The second-order valence-electron chi connectivity index (χ2n) is 7.51. The number of hydrogen-bond donors (Lipinski definition) is 2. The third-order valence-electron chi connectivity index (χ3n) is 4.79. The third-order valence-corrected chi connectivity index (χ3v) is 5.38. The molecule has 0 unspecified atom stereocenters. The lowest BCUT2D eigenvalue weighted by molar-refractivity contribution is -0.139. The van der Waals surface area contributed by atoms with E-state index in [-0.39, 0.29) is 5.75 Å². The van der Waals surface area contributed by atoms with E-state index < -0.39 is 18.5 Å². The zero-order valence-electron chi connectivity index (χ0n) is 20.4. The van der Waals surface area contributed by atoms with Crippen LogP contribution in [-0.2, 0) is 11.4 Å². The number of hydrogen-bond acceptors (Lipinski definition) is 7. The molecular weight excluding hydrogens is 544 g/mol. The first-order valence-electron chi connectivity index (χ1n) is 11.5. The molecule has 0 aliphatic heterocycles. The standard InChI is InChI=1S/C27H27BrN2O7/c1-3-34-23-14-20(10-11-22(23)36-16-18-8-6-5-7-9-18)27(33)30-29-15-19-12-21(28)26(37-17-25(31)32)24(13-19)35-4-2/h5-15H,3-4,16-17H2,1-2H3,(H,30,33)(H,31,32)/b29-15+. The smallest absolute Gasteiger partial charge is 0.341 e. The van der Waals surface area contributed by atoms with E-state index in [4.69, 9.17) is 24.1 Å². The molecule has 3 aromatic rings. The molecule has 0 bridgehead atoms. The van der Waals surface area contributed by atoms with Crippen molar-refractivity contribution in [2.24, 2.45) is 5.10 Å². The number of ether oxygens (including phenoxy) is 4. The lowest BCUT2D eigenvalue weighted by Gasteiger charge is -2.13. The van der Waals surface area contributed by atoms with Gasteiger partial charge in [0.05, 0.1) is 23.9 Å². The Morgan fingerprint density at radius 3 is 2.35 bits per heavy atom. The Hall–Kier alpha value is -4.05. The van der Waals surface area contributed by atoms with E-state index in [2.05, 4.69) is 26.5 Å². The van der Waals surface area contributed by atoms with Crippen molar-refractivity contribution >= 4 is 34.0 Å². The first-order chi connectivity index (χ1) is 17.9. The number of rotatable bonds is 13. The highest BCUT2D eigenvalue weighted by Gasteiger charge is 2.14. The average molecular weight is 571 g/mol. The fraction of sp³-hybridized carbons (Fsp3) is 0.222.